The van der Waals surface area contributed by atoms with Gasteiger partial charge in [-0.25, -0.2) is 0 Å². The third-order valence-electron chi connectivity index (χ3n) is 4.52. The zero-order valence-corrected chi connectivity index (χ0v) is 13.4. The molecule has 21 heavy (non-hydrogen) atoms. The van der Waals surface area contributed by atoms with E-state index in [-0.39, 0.29) is 0 Å². The number of likely N-dealkylation sites (tertiary alicyclic amines) is 1. The van der Waals surface area contributed by atoms with Gasteiger partial charge in [0.05, 0.1) is 0 Å². The summed E-state index contributed by atoms with van der Waals surface area (Å²) in [5, 5.41) is 3.23. The molecule has 3 nitrogen and oxygen atoms in total. The van der Waals surface area contributed by atoms with E-state index in [4.69, 9.17) is 0 Å². The second kappa shape index (κ2) is 8.18. The van der Waals surface area contributed by atoms with E-state index in [1.165, 1.54) is 11.1 Å². The maximum Gasteiger partial charge on any atom is 0.222 e. The van der Waals surface area contributed by atoms with E-state index in [9.17, 15) is 4.79 Å². The van der Waals surface area contributed by atoms with Crippen molar-refractivity contribution >= 4 is 5.91 Å². The van der Waals surface area contributed by atoms with Crippen LogP contribution in [0.25, 0.3) is 0 Å². The first-order chi connectivity index (χ1) is 10.2. The lowest BCUT2D eigenvalue weighted by molar-refractivity contribution is -0.132. The van der Waals surface area contributed by atoms with Crippen LogP contribution in [0.1, 0.15) is 37.3 Å². The van der Waals surface area contributed by atoms with Gasteiger partial charge >= 0.3 is 0 Å². The summed E-state index contributed by atoms with van der Waals surface area (Å²) in [5.74, 6) is 1.05. The van der Waals surface area contributed by atoms with Gasteiger partial charge < -0.3 is 10.2 Å². The monoisotopic (exact) mass is 288 g/mol. The first kappa shape index (κ1) is 16.0. The summed E-state index contributed by atoms with van der Waals surface area (Å²) in [4.78, 5) is 14.3. The average molecular weight is 288 g/mol. The molecule has 0 spiro atoms. The molecule has 1 N–H and O–H groups in total. The molecule has 0 aliphatic carbocycles. The van der Waals surface area contributed by atoms with Crippen molar-refractivity contribution in [3.05, 3.63) is 35.4 Å². The minimum absolute atomic E-state index is 0.317. The molecule has 1 aliphatic rings. The van der Waals surface area contributed by atoms with Crippen molar-refractivity contribution in [1.29, 1.82) is 0 Å². The number of hydrogen-bond donors (Lipinski definition) is 1. The number of nitrogens with one attached hydrogen (secondary N) is 1. The summed E-state index contributed by atoms with van der Waals surface area (Å²) in [7, 11) is 2.00. The lowest BCUT2D eigenvalue weighted by Gasteiger charge is -2.32. The number of nitrogens with zero attached hydrogens (tertiary/aromatic N) is 1. The van der Waals surface area contributed by atoms with Crippen molar-refractivity contribution in [2.24, 2.45) is 5.92 Å². The molecule has 1 heterocycles. The quantitative estimate of drug-likeness (QED) is 0.873. The number of carbonyl (C=O) groups excluding carboxylic acids is 1. The number of aryl methyl sites for hydroxylation is 2. The fraction of sp³-hybridized carbons (Fsp3) is 0.611. The first-order valence-corrected chi connectivity index (χ1v) is 8.23. The van der Waals surface area contributed by atoms with Crippen LogP contribution in [0.15, 0.2) is 24.3 Å². The fourth-order valence-corrected chi connectivity index (χ4v) is 3.03. The Bertz CT molecular complexity index is 433. The lowest BCUT2D eigenvalue weighted by atomic mass is 9.96. The highest BCUT2D eigenvalue weighted by Crippen LogP contribution is 2.17. The smallest absolute Gasteiger partial charge is 0.222 e. The molecule has 2 rings (SSSR count). The Morgan fingerprint density at radius 3 is 2.38 bits per heavy atom. The largest absolute Gasteiger partial charge is 0.343 e. The van der Waals surface area contributed by atoms with Gasteiger partial charge in [-0.15, -0.1) is 0 Å². The van der Waals surface area contributed by atoms with Gasteiger partial charge in [0.15, 0.2) is 0 Å². The Labute approximate surface area is 128 Å². The van der Waals surface area contributed by atoms with Gasteiger partial charge in [0.1, 0.15) is 0 Å². The van der Waals surface area contributed by atoms with Gasteiger partial charge in [-0.3, -0.25) is 4.79 Å². The van der Waals surface area contributed by atoms with Crippen LogP contribution in [0.3, 0.4) is 0 Å². The maximum absolute atomic E-state index is 12.3. The average Bonchev–Trinajstić information content (AvgIpc) is 2.54. The topological polar surface area (TPSA) is 32.3 Å². The Hall–Kier alpha value is -1.35. The second-order valence-electron chi connectivity index (χ2n) is 6.05. The predicted molar refractivity (Wildman–Crippen MR) is 87.4 cm³/mol. The summed E-state index contributed by atoms with van der Waals surface area (Å²) in [5.41, 5.74) is 2.63. The van der Waals surface area contributed by atoms with Crippen LogP contribution in [0, 0.1) is 5.92 Å². The maximum atomic E-state index is 12.3. The second-order valence-corrected chi connectivity index (χ2v) is 6.05. The van der Waals surface area contributed by atoms with Crippen LogP contribution in [-0.2, 0) is 17.6 Å². The summed E-state index contributed by atoms with van der Waals surface area (Å²) < 4.78 is 0. The van der Waals surface area contributed by atoms with Gasteiger partial charge in [0.25, 0.3) is 0 Å². The molecule has 0 aromatic heterocycles. The van der Waals surface area contributed by atoms with Crippen molar-refractivity contribution in [3.8, 4) is 0 Å². The highest BCUT2D eigenvalue weighted by atomic mass is 16.2. The van der Waals surface area contributed by atoms with Crippen LogP contribution in [0.5, 0.6) is 0 Å². The van der Waals surface area contributed by atoms with E-state index < -0.39 is 0 Å². The molecular weight excluding hydrogens is 260 g/mol. The molecule has 0 bridgehead atoms. The van der Waals surface area contributed by atoms with E-state index in [1.807, 2.05) is 11.9 Å². The number of amides is 1. The van der Waals surface area contributed by atoms with Crippen molar-refractivity contribution in [2.75, 3.05) is 26.7 Å². The summed E-state index contributed by atoms with van der Waals surface area (Å²) >= 11 is 0. The fourth-order valence-electron chi connectivity index (χ4n) is 3.03. The van der Waals surface area contributed by atoms with Gasteiger partial charge in [-0.1, -0.05) is 31.2 Å². The Balaban J connectivity index is 1.74. The minimum Gasteiger partial charge on any atom is -0.343 e. The molecule has 1 aromatic carbocycles. The molecule has 116 valence electrons. The molecule has 0 atom stereocenters. The molecule has 1 saturated heterocycles. The molecule has 1 amide bonds. The number of carbonyl (C=O) groups is 1. The van der Waals surface area contributed by atoms with Crippen LogP contribution < -0.4 is 5.32 Å². The first-order valence-electron chi connectivity index (χ1n) is 8.23. The normalized spacial score (nSPS) is 16.2. The van der Waals surface area contributed by atoms with Gasteiger partial charge in [0, 0.05) is 19.5 Å². The SMILES string of the molecule is CCc1ccc(CCC(=O)N2CCC(CNC)CC2)cc1. The predicted octanol–water partition coefficient (Wildman–Crippen LogP) is 2.64. The van der Waals surface area contributed by atoms with Crippen LogP contribution >= 0.6 is 0 Å². The Morgan fingerprint density at radius 1 is 1.19 bits per heavy atom. The molecule has 1 fully saturated rings. The minimum atomic E-state index is 0.317. The summed E-state index contributed by atoms with van der Waals surface area (Å²) in [6.07, 6.45) is 4.85. The summed E-state index contributed by atoms with van der Waals surface area (Å²) in [6, 6.07) is 8.66. The number of piperidine rings is 1. The van der Waals surface area contributed by atoms with Crippen LogP contribution in [0.4, 0.5) is 0 Å². The van der Waals surface area contributed by atoms with E-state index in [0.29, 0.717) is 12.3 Å². The number of hydrogen-bond acceptors (Lipinski definition) is 2. The zero-order chi connectivity index (χ0) is 15.1. The van der Waals surface area contributed by atoms with E-state index in [0.717, 1.165) is 51.2 Å². The van der Waals surface area contributed by atoms with Crippen LogP contribution in [0.2, 0.25) is 0 Å². The third-order valence-corrected chi connectivity index (χ3v) is 4.52. The molecule has 0 radical (unpaired) electrons. The molecule has 3 heteroatoms. The van der Waals surface area contributed by atoms with E-state index >= 15 is 0 Å². The highest BCUT2D eigenvalue weighted by molar-refractivity contribution is 5.76. The summed E-state index contributed by atoms with van der Waals surface area (Å²) in [6.45, 7) is 5.10. The molecule has 1 aromatic rings. The Morgan fingerprint density at radius 2 is 1.81 bits per heavy atom. The van der Waals surface area contributed by atoms with Gasteiger partial charge in [-0.05, 0) is 56.3 Å². The van der Waals surface area contributed by atoms with Crippen LogP contribution in [-0.4, -0.2) is 37.5 Å². The van der Waals surface area contributed by atoms with E-state index in [1.54, 1.807) is 0 Å². The number of benzene rings is 1. The molecule has 0 saturated carbocycles. The van der Waals surface area contributed by atoms with Crippen molar-refractivity contribution in [3.63, 3.8) is 0 Å². The van der Waals surface area contributed by atoms with Gasteiger partial charge in [0.2, 0.25) is 5.91 Å². The Kier molecular flexibility index (Phi) is 6.24. The lowest BCUT2D eigenvalue weighted by Crippen LogP contribution is -2.40. The molecule has 0 unspecified atom stereocenters. The van der Waals surface area contributed by atoms with Crippen molar-refractivity contribution < 1.29 is 4.79 Å². The van der Waals surface area contributed by atoms with Crippen molar-refractivity contribution in [2.45, 2.75) is 39.0 Å². The van der Waals surface area contributed by atoms with E-state index in [2.05, 4.69) is 36.5 Å². The molecular formula is C18H28N2O. The van der Waals surface area contributed by atoms with Crippen molar-refractivity contribution in [1.82, 2.24) is 10.2 Å². The molecule has 1 aliphatic heterocycles. The zero-order valence-electron chi connectivity index (χ0n) is 13.4. The van der Waals surface area contributed by atoms with Gasteiger partial charge in [-0.2, -0.15) is 0 Å². The third kappa shape index (κ3) is 4.85. The highest BCUT2D eigenvalue weighted by Gasteiger charge is 2.21. The standard InChI is InChI=1S/C18H28N2O/c1-3-15-4-6-16(7-5-15)8-9-18(21)20-12-10-17(11-13-20)14-19-2/h4-7,17,19H,3,8-14H2,1-2H3. The number of rotatable bonds is 6.